The molecule has 0 saturated heterocycles. The van der Waals surface area contributed by atoms with Gasteiger partial charge in [-0.15, -0.1) is 11.6 Å². The van der Waals surface area contributed by atoms with Crippen LogP contribution < -0.4 is 4.74 Å². The molecule has 0 bridgehead atoms. The summed E-state index contributed by atoms with van der Waals surface area (Å²) in [4.78, 5) is 6.92. The molecule has 1 aromatic carbocycles. The lowest BCUT2D eigenvalue weighted by atomic mass is 9.91. The first-order valence-corrected chi connectivity index (χ1v) is 9.62. The summed E-state index contributed by atoms with van der Waals surface area (Å²) in [6, 6.07) is 7.73. The summed E-state index contributed by atoms with van der Waals surface area (Å²) in [6.07, 6.45) is 1.78. The minimum absolute atomic E-state index is 0.217. The van der Waals surface area contributed by atoms with Gasteiger partial charge >= 0.3 is 0 Å². The van der Waals surface area contributed by atoms with Gasteiger partial charge < -0.3 is 9.64 Å². The van der Waals surface area contributed by atoms with E-state index < -0.39 is 0 Å². The lowest BCUT2D eigenvalue weighted by Crippen LogP contribution is -2.14. The molecule has 5 nitrogen and oxygen atoms in total. The van der Waals surface area contributed by atoms with Crippen LogP contribution in [0.15, 0.2) is 23.2 Å². The second-order valence-corrected chi connectivity index (χ2v) is 7.94. The Hall–Kier alpha value is -2.10. The van der Waals surface area contributed by atoms with Gasteiger partial charge in [-0.3, -0.25) is 0 Å². The maximum atomic E-state index is 9.36. The lowest BCUT2D eigenvalue weighted by Gasteiger charge is -2.18. The molecule has 1 heterocycles. The number of rotatable bonds is 6. The van der Waals surface area contributed by atoms with Gasteiger partial charge in [0.2, 0.25) is 0 Å². The Labute approximate surface area is 164 Å². The van der Waals surface area contributed by atoms with Crippen molar-refractivity contribution in [2.24, 2.45) is 4.99 Å². The molecular formula is C19H23ClN4OS. The molecule has 0 spiro atoms. The number of nitriles is 1. The number of nitrogens with zero attached hydrogens (tertiary/aromatic N) is 4. The van der Waals surface area contributed by atoms with Gasteiger partial charge in [0, 0.05) is 24.9 Å². The third-order valence-corrected chi connectivity index (χ3v) is 4.79. The fraction of sp³-hybridized carbons (Fsp3) is 0.421. The van der Waals surface area contributed by atoms with Crippen molar-refractivity contribution < 1.29 is 4.74 Å². The lowest BCUT2D eigenvalue weighted by molar-refractivity contribution is 0.451. The van der Waals surface area contributed by atoms with Crippen LogP contribution in [-0.4, -0.2) is 29.2 Å². The number of ether oxygens (including phenoxy) is 1. The van der Waals surface area contributed by atoms with Crippen LogP contribution in [0.2, 0.25) is 0 Å². The molecule has 0 fully saturated rings. The van der Waals surface area contributed by atoms with Gasteiger partial charge in [-0.1, -0.05) is 20.8 Å². The van der Waals surface area contributed by atoms with Crippen molar-refractivity contribution in [1.29, 1.82) is 5.26 Å². The van der Waals surface area contributed by atoms with Gasteiger partial charge in [0.1, 0.15) is 17.5 Å². The molecule has 2 aromatic rings. The van der Waals surface area contributed by atoms with Crippen molar-refractivity contribution >= 4 is 35.2 Å². The molecule has 0 amide bonds. The minimum atomic E-state index is -0.217. The first-order chi connectivity index (χ1) is 12.3. The van der Waals surface area contributed by atoms with Gasteiger partial charge in [0.25, 0.3) is 0 Å². The molecule has 0 atom stereocenters. The van der Waals surface area contributed by atoms with Gasteiger partial charge in [-0.25, -0.2) is 4.99 Å². The molecule has 26 heavy (non-hydrogen) atoms. The minimum Gasteiger partial charge on any atom is -0.453 e. The van der Waals surface area contributed by atoms with Crippen LogP contribution in [0.4, 0.5) is 5.69 Å². The predicted octanol–water partition coefficient (Wildman–Crippen LogP) is 5.45. The quantitative estimate of drug-likeness (QED) is 0.373. The number of aromatic nitrogens is 1. The van der Waals surface area contributed by atoms with E-state index in [1.54, 1.807) is 6.34 Å². The summed E-state index contributed by atoms with van der Waals surface area (Å²) in [6.45, 7) is 9.06. The van der Waals surface area contributed by atoms with E-state index in [9.17, 15) is 5.26 Å². The topological polar surface area (TPSA) is 61.5 Å². The molecule has 7 heteroatoms. The van der Waals surface area contributed by atoms with Crippen LogP contribution in [0, 0.1) is 11.3 Å². The predicted molar refractivity (Wildman–Crippen MR) is 108 cm³/mol. The van der Waals surface area contributed by atoms with E-state index in [-0.39, 0.29) is 5.41 Å². The molecule has 2 rings (SSSR count). The Bertz CT molecular complexity index is 833. The number of hydrogen-bond acceptors (Lipinski definition) is 5. The fourth-order valence-corrected chi connectivity index (χ4v) is 3.16. The molecule has 0 aliphatic heterocycles. The van der Waals surface area contributed by atoms with Gasteiger partial charge in [-0.05, 0) is 42.2 Å². The monoisotopic (exact) mass is 390 g/mol. The maximum Gasteiger partial charge on any atom is 0.179 e. The molecule has 0 radical (unpaired) electrons. The Kier molecular flexibility index (Phi) is 6.63. The highest BCUT2D eigenvalue weighted by molar-refractivity contribution is 7.06. The Balaban J connectivity index is 2.36. The first kappa shape index (κ1) is 20.2. The molecule has 0 aliphatic rings. The van der Waals surface area contributed by atoms with Crippen LogP contribution in [0.25, 0.3) is 0 Å². The number of hydrogen-bond donors (Lipinski definition) is 0. The zero-order valence-electron chi connectivity index (χ0n) is 15.7. The summed E-state index contributed by atoms with van der Waals surface area (Å²) in [5, 5.41) is 9.36. The normalized spacial score (nSPS) is 11.6. The van der Waals surface area contributed by atoms with Crippen LogP contribution in [0.3, 0.4) is 0 Å². The number of aliphatic imine (C=N–C) groups is 1. The highest BCUT2D eigenvalue weighted by Crippen LogP contribution is 2.39. The van der Waals surface area contributed by atoms with E-state index in [0.717, 1.165) is 35.0 Å². The van der Waals surface area contributed by atoms with E-state index in [0.29, 0.717) is 22.3 Å². The standard InChI is InChI=1S/C19H23ClN4OS/c1-6-24(5)12-22-15-8-7-14(9-13(15)10-20)25-17-16(11-21)26-23-18(17)19(2,3)4/h7-9,12H,6,10H2,1-5H3. The van der Waals surface area contributed by atoms with Crippen molar-refractivity contribution in [1.82, 2.24) is 9.27 Å². The first-order valence-electron chi connectivity index (χ1n) is 8.31. The second-order valence-electron chi connectivity index (χ2n) is 6.90. The highest BCUT2D eigenvalue weighted by Gasteiger charge is 2.26. The van der Waals surface area contributed by atoms with E-state index in [4.69, 9.17) is 16.3 Å². The third kappa shape index (κ3) is 4.75. The van der Waals surface area contributed by atoms with Crippen molar-refractivity contribution in [2.75, 3.05) is 13.6 Å². The summed E-state index contributed by atoms with van der Waals surface area (Å²) in [7, 11) is 1.96. The van der Waals surface area contributed by atoms with E-state index >= 15 is 0 Å². The SMILES string of the molecule is CCN(C)C=Nc1ccc(Oc2c(C(C)(C)C)nsc2C#N)cc1CCl. The van der Waals surface area contributed by atoms with Crippen LogP contribution in [0.1, 0.15) is 43.8 Å². The van der Waals surface area contributed by atoms with Crippen LogP contribution in [-0.2, 0) is 11.3 Å². The fourth-order valence-electron chi connectivity index (χ4n) is 2.14. The zero-order valence-corrected chi connectivity index (χ0v) is 17.3. The van der Waals surface area contributed by atoms with Gasteiger partial charge in [0.05, 0.1) is 12.0 Å². The Morgan fingerprint density at radius 3 is 2.73 bits per heavy atom. The van der Waals surface area contributed by atoms with Crippen molar-refractivity contribution in [3.8, 4) is 17.6 Å². The molecule has 0 saturated carbocycles. The molecule has 0 N–H and O–H groups in total. The number of halogens is 1. The average molecular weight is 391 g/mol. The second kappa shape index (κ2) is 8.52. The molecule has 0 unspecified atom stereocenters. The van der Waals surface area contributed by atoms with Crippen LogP contribution >= 0.6 is 23.1 Å². The summed E-state index contributed by atoms with van der Waals surface area (Å²) >= 11 is 7.25. The smallest absolute Gasteiger partial charge is 0.179 e. The largest absolute Gasteiger partial charge is 0.453 e. The summed E-state index contributed by atoms with van der Waals surface area (Å²) < 4.78 is 10.5. The Morgan fingerprint density at radius 1 is 1.42 bits per heavy atom. The van der Waals surface area contributed by atoms with Gasteiger partial charge in [-0.2, -0.15) is 9.64 Å². The highest BCUT2D eigenvalue weighted by atomic mass is 35.5. The zero-order chi connectivity index (χ0) is 19.3. The molecule has 138 valence electrons. The Morgan fingerprint density at radius 2 is 2.15 bits per heavy atom. The van der Waals surface area contributed by atoms with Crippen molar-refractivity contribution in [2.45, 2.75) is 39.0 Å². The number of alkyl halides is 1. The van der Waals surface area contributed by atoms with E-state index in [2.05, 4.69) is 22.4 Å². The van der Waals surface area contributed by atoms with E-state index in [1.807, 2.05) is 50.9 Å². The average Bonchev–Trinajstić information content (AvgIpc) is 3.02. The maximum absolute atomic E-state index is 9.36. The summed E-state index contributed by atoms with van der Waals surface area (Å²) in [5.41, 5.74) is 2.22. The van der Waals surface area contributed by atoms with Crippen molar-refractivity contribution in [3.05, 3.63) is 34.3 Å². The molecular weight excluding hydrogens is 368 g/mol. The molecule has 0 aliphatic carbocycles. The van der Waals surface area contributed by atoms with Crippen molar-refractivity contribution in [3.63, 3.8) is 0 Å². The summed E-state index contributed by atoms with van der Waals surface area (Å²) in [5.74, 6) is 1.46. The number of benzene rings is 1. The molecule has 1 aromatic heterocycles. The van der Waals surface area contributed by atoms with E-state index in [1.165, 1.54) is 0 Å². The third-order valence-electron chi connectivity index (χ3n) is 3.77. The van der Waals surface area contributed by atoms with Gasteiger partial charge in [0.15, 0.2) is 10.6 Å². The van der Waals surface area contributed by atoms with Crippen LogP contribution in [0.5, 0.6) is 11.5 Å².